The lowest BCUT2D eigenvalue weighted by Gasteiger charge is -2.04. The van der Waals surface area contributed by atoms with Crippen molar-refractivity contribution in [1.82, 2.24) is 9.55 Å². The molecule has 0 aliphatic heterocycles. The molecule has 1 heterocycles. The van der Waals surface area contributed by atoms with Gasteiger partial charge >= 0.3 is 5.97 Å². The molecular formula is C14H9FN2O2. The summed E-state index contributed by atoms with van der Waals surface area (Å²) < 4.78 is 14.6. The molecule has 3 aromatic rings. The van der Waals surface area contributed by atoms with E-state index in [0.29, 0.717) is 11.0 Å². The fourth-order valence-electron chi connectivity index (χ4n) is 2.02. The Morgan fingerprint density at radius 1 is 1.16 bits per heavy atom. The van der Waals surface area contributed by atoms with Crippen molar-refractivity contribution >= 4 is 17.0 Å². The van der Waals surface area contributed by atoms with Gasteiger partial charge in [-0.15, -0.1) is 0 Å². The highest BCUT2D eigenvalue weighted by atomic mass is 19.1. The number of carbonyl (C=O) groups is 1. The van der Waals surface area contributed by atoms with Crippen LogP contribution in [0.15, 0.2) is 48.8 Å². The summed E-state index contributed by atoms with van der Waals surface area (Å²) in [4.78, 5) is 15.2. The van der Waals surface area contributed by atoms with Crippen LogP contribution in [0.4, 0.5) is 4.39 Å². The predicted octanol–water partition coefficient (Wildman–Crippen LogP) is 2.86. The van der Waals surface area contributed by atoms with Crippen molar-refractivity contribution in [2.24, 2.45) is 0 Å². The van der Waals surface area contributed by atoms with Gasteiger partial charge in [0.1, 0.15) is 17.7 Å². The maximum absolute atomic E-state index is 12.9. The summed E-state index contributed by atoms with van der Waals surface area (Å²) in [7, 11) is 0. The van der Waals surface area contributed by atoms with E-state index in [4.69, 9.17) is 5.11 Å². The number of fused-ring (bicyclic) bond motifs is 1. The minimum atomic E-state index is -1.02. The second-order valence-electron chi connectivity index (χ2n) is 4.07. The minimum absolute atomic E-state index is 0.151. The van der Waals surface area contributed by atoms with Crippen LogP contribution in [0.3, 0.4) is 0 Å². The van der Waals surface area contributed by atoms with Crippen molar-refractivity contribution in [3.8, 4) is 5.69 Å². The first-order chi connectivity index (χ1) is 9.16. The molecule has 1 aromatic heterocycles. The van der Waals surface area contributed by atoms with Gasteiger partial charge in [0.05, 0.1) is 11.1 Å². The number of para-hydroxylation sites is 1. The molecule has 19 heavy (non-hydrogen) atoms. The molecule has 0 fully saturated rings. The Balaban J connectivity index is 2.24. The van der Waals surface area contributed by atoms with E-state index < -0.39 is 5.97 Å². The number of hydrogen-bond acceptors (Lipinski definition) is 2. The number of rotatable bonds is 2. The number of hydrogen-bond donors (Lipinski definition) is 1. The van der Waals surface area contributed by atoms with E-state index in [2.05, 4.69) is 4.98 Å². The number of carboxylic acid groups (broad SMARTS) is 1. The molecule has 0 aliphatic carbocycles. The Morgan fingerprint density at radius 3 is 2.58 bits per heavy atom. The summed E-state index contributed by atoms with van der Waals surface area (Å²) in [5.74, 6) is -1.34. The second kappa shape index (κ2) is 4.20. The van der Waals surface area contributed by atoms with Crippen molar-refractivity contribution < 1.29 is 14.3 Å². The molecule has 3 rings (SSSR count). The molecule has 0 spiro atoms. The highest BCUT2D eigenvalue weighted by Gasteiger charge is 2.12. The summed E-state index contributed by atoms with van der Waals surface area (Å²) in [6.07, 6.45) is 1.53. The summed E-state index contributed by atoms with van der Waals surface area (Å²) in [5, 5.41) is 9.10. The van der Waals surface area contributed by atoms with Crippen LogP contribution in [0.25, 0.3) is 16.7 Å². The van der Waals surface area contributed by atoms with E-state index in [1.165, 1.54) is 24.5 Å². The molecule has 0 amide bonds. The maximum Gasteiger partial charge on any atom is 0.337 e. The lowest BCUT2D eigenvalue weighted by molar-refractivity contribution is 0.0699. The van der Waals surface area contributed by atoms with Crippen molar-refractivity contribution in [3.05, 3.63) is 60.2 Å². The SMILES string of the molecule is O=C(O)c1cccc2c1ncn2-c1ccc(F)cc1. The predicted molar refractivity (Wildman–Crippen MR) is 68.0 cm³/mol. The zero-order valence-electron chi connectivity index (χ0n) is 9.75. The zero-order valence-corrected chi connectivity index (χ0v) is 9.75. The third-order valence-corrected chi connectivity index (χ3v) is 2.91. The summed E-state index contributed by atoms with van der Waals surface area (Å²) in [6.45, 7) is 0. The van der Waals surface area contributed by atoms with Crippen LogP contribution in [0.2, 0.25) is 0 Å². The smallest absolute Gasteiger partial charge is 0.337 e. The van der Waals surface area contributed by atoms with E-state index in [1.54, 1.807) is 28.8 Å². The van der Waals surface area contributed by atoms with Crippen LogP contribution >= 0.6 is 0 Å². The number of aromatic carboxylic acids is 1. The first-order valence-corrected chi connectivity index (χ1v) is 5.62. The van der Waals surface area contributed by atoms with Crippen molar-refractivity contribution in [2.75, 3.05) is 0 Å². The Hall–Kier alpha value is -2.69. The molecule has 2 aromatic carbocycles. The number of halogens is 1. The highest BCUT2D eigenvalue weighted by Crippen LogP contribution is 2.21. The Bertz CT molecular complexity index is 763. The third kappa shape index (κ3) is 1.85. The van der Waals surface area contributed by atoms with Gasteiger partial charge in [-0.3, -0.25) is 4.57 Å². The topological polar surface area (TPSA) is 55.1 Å². The number of imidazole rings is 1. The van der Waals surface area contributed by atoms with Gasteiger partial charge in [0.2, 0.25) is 0 Å². The first-order valence-electron chi connectivity index (χ1n) is 5.62. The fraction of sp³-hybridized carbons (Fsp3) is 0. The van der Waals surface area contributed by atoms with E-state index in [9.17, 15) is 9.18 Å². The minimum Gasteiger partial charge on any atom is -0.478 e. The first kappa shape index (κ1) is 11.4. The molecule has 94 valence electrons. The second-order valence-corrected chi connectivity index (χ2v) is 4.07. The number of aromatic nitrogens is 2. The monoisotopic (exact) mass is 256 g/mol. The molecule has 0 aliphatic rings. The number of carboxylic acids is 1. The lowest BCUT2D eigenvalue weighted by Crippen LogP contribution is -1.98. The Kier molecular flexibility index (Phi) is 2.52. The molecule has 1 N–H and O–H groups in total. The molecule has 0 saturated heterocycles. The summed E-state index contributed by atoms with van der Waals surface area (Å²) in [5.41, 5.74) is 1.97. The van der Waals surface area contributed by atoms with Crippen LogP contribution in [0.1, 0.15) is 10.4 Å². The van der Waals surface area contributed by atoms with E-state index in [0.717, 1.165) is 5.69 Å². The zero-order chi connectivity index (χ0) is 13.4. The number of benzene rings is 2. The van der Waals surface area contributed by atoms with Gasteiger partial charge in [-0.1, -0.05) is 6.07 Å². The molecule has 5 heteroatoms. The normalized spacial score (nSPS) is 10.8. The molecule has 0 atom stereocenters. The third-order valence-electron chi connectivity index (χ3n) is 2.91. The van der Waals surface area contributed by atoms with E-state index >= 15 is 0 Å². The largest absolute Gasteiger partial charge is 0.478 e. The quantitative estimate of drug-likeness (QED) is 0.767. The van der Waals surface area contributed by atoms with E-state index in [-0.39, 0.29) is 11.4 Å². The van der Waals surface area contributed by atoms with E-state index in [1.807, 2.05) is 0 Å². The number of nitrogens with zero attached hydrogens (tertiary/aromatic N) is 2. The van der Waals surface area contributed by atoms with Gasteiger partial charge in [-0.05, 0) is 36.4 Å². The average Bonchev–Trinajstić information content (AvgIpc) is 2.83. The van der Waals surface area contributed by atoms with Crippen LogP contribution in [-0.4, -0.2) is 20.6 Å². The average molecular weight is 256 g/mol. The van der Waals surface area contributed by atoms with Crippen LogP contribution in [0, 0.1) is 5.82 Å². The fourth-order valence-corrected chi connectivity index (χ4v) is 2.02. The Labute approximate surface area is 107 Å². The molecule has 0 bridgehead atoms. The van der Waals surface area contributed by atoms with Crippen LogP contribution in [-0.2, 0) is 0 Å². The highest BCUT2D eigenvalue weighted by molar-refractivity contribution is 6.01. The molecule has 0 radical (unpaired) electrons. The van der Waals surface area contributed by atoms with Gasteiger partial charge in [-0.25, -0.2) is 14.2 Å². The van der Waals surface area contributed by atoms with Crippen LogP contribution < -0.4 is 0 Å². The molecule has 0 saturated carbocycles. The Morgan fingerprint density at radius 2 is 1.89 bits per heavy atom. The molecule has 0 unspecified atom stereocenters. The van der Waals surface area contributed by atoms with Gasteiger partial charge in [0.25, 0.3) is 0 Å². The van der Waals surface area contributed by atoms with Gasteiger partial charge < -0.3 is 5.11 Å². The standard InChI is InChI=1S/C14H9FN2O2/c15-9-4-6-10(7-5-9)17-8-16-13-11(14(18)19)2-1-3-12(13)17/h1-8H,(H,18,19). The maximum atomic E-state index is 12.9. The van der Waals surface area contributed by atoms with Gasteiger partial charge in [-0.2, -0.15) is 0 Å². The molecular weight excluding hydrogens is 247 g/mol. The molecule has 4 nitrogen and oxygen atoms in total. The van der Waals surface area contributed by atoms with Gasteiger partial charge in [0.15, 0.2) is 0 Å². The van der Waals surface area contributed by atoms with Crippen LogP contribution in [0.5, 0.6) is 0 Å². The van der Waals surface area contributed by atoms with Gasteiger partial charge in [0, 0.05) is 5.69 Å². The summed E-state index contributed by atoms with van der Waals surface area (Å²) in [6, 6.07) is 10.9. The van der Waals surface area contributed by atoms with Crippen molar-refractivity contribution in [2.45, 2.75) is 0 Å². The summed E-state index contributed by atoms with van der Waals surface area (Å²) >= 11 is 0. The van der Waals surface area contributed by atoms with Crippen molar-refractivity contribution in [3.63, 3.8) is 0 Å². The van der Waals surface area contributed by atoms with Crippen molar-refractivity contribution in [1.29, 1.82) is 0 Å². The lowest BCUT2D eigenvalue weighted by atomic mass is 10.2.